The van der Waals surface area contributed by atoms with Crippen molar-refractivity contribution in [3.05, 3.63) is 51.1 Å². The van der Waals surface area contributed by atoms with Crippen LogP contribution in [-0.2, 0) is 6.42 Å². The Labute approximate surface area is 141 Å². The fraction of sp³-hybridized carbons (Fsp3) is 0.176. The molecule has 128 valence electrons. The number of carboxylic acid groups (broad SMARTS) is 2. The molecule has 4 N–H and O–H groups in total. The quantitative estimate of drug-likeness (QED) is 0.574. The van der Waals surface area contributed by atoms with Crippen molar-refractivity contribution in [2.45, 2.75) is 20.3 Å². The molecule has 8 nitrogen and oxygen atoms in total. The highest BCUT2D eigenvalue weighted by Crippen LogP contribution is 2.26. The Bertz CT molecular complexity index is 1080. The van der Waals surface area contributed by atoms with Gasteiger partial charge in [0.25, 0.3) is 5.56 Å². The second-order valence-electron chi connectivity index (χ2n) is 5.62. The highest BCUT2D eigenvalue weighted by Gasteiger charge is 2.17. The Morgan fingerprint density at radius 1 is 1.12 bits per heavy atom. The molecule has 0 bridgehead atoms. The zero-order chi connectivity index (χ0) is 18.3. The summed E-state index contributed by atoms with van der Waals surface area (Å²) in [5.41, 5.74) is 1.70. The van der Waals surface area contributed by atoms with E-state index in [1.807, 2.05) is 6.92 Å². The average Bonchev–Trinajstić information content (AvgIpc) is 2.99. The fourth-order valence-electron chi connectivity index (χ4n) is 2.78. The van der Waals surface area contributed by atoms with Gasteiger partial charge in [-0.15, -0.1) is 0 Å². The molecule has 0 saturated carbocycles. The van der Waals surface area contributed by atoms with Crippen LogP contribution in [0.3, 0.4) is 0 Å². The Kier molecular flexibility index (Phi) is 3.88. The lowest BCUT2D eigenvalue weighted by molar-refractivity contribution is 0.0682. The van der Waals surface area contributed by atoms with Crippen molar-refractivity contribution < 1.29 is 19.8 Å². The van der Waals surface area contributed by atoms with Crippen molar-refractivity contribution in [2.24, 2.45) is 0 Å². The lowest BCUT2D eigenvalue weighted by Crippen LogP contribution is -2.19. The summed E-state index contributed by atoms with van der Waals surface area (Å²) < 4.78 is 0. The summed E-state index contributed by atoms with van der Waals surface area (Å²) in [5.74, 6) is -2.37. The molecule has 3 heterocycles. The zero-order valence-electron chi connectivity index (χ0n) is 13.5. The summed E-state index contributed by atoms with van der Waals surface area (Å²) >= 11 is 0. The molecule has 0 saturated heterocycles. The van der Waals surface area contributed by atoms with Crippen LogP contribution in [0.25, 0.3) is 22.3 Å². The number of nitrogens with one attached hydrogen (secondary N) is 2. The molecular formula is C17H15N3O5. The number of fused-ring (bicyclic) bond motifs is 1. The number of rotatable bonds is 4. The van der Waals surface area contributed by atoms with Crippen molar-refractivity contribution in [1.82, 2.24) is 15.0 Å². The molecule has 3 aromatic rings. The van der Waals surface area contributed by atoms with Gasteiger partial charge in [0.05, 0.1) is 22.6 Å². The van der Waals surface area contributed by atoms with Crippen molar-refractivity contribution in [2.75, 3.05) is 0 Å². The summed E-state index contributed by atoms with van der Waals surface area (Å²) in [4.78, 5) is 44.1. The maximum Gasteiger partial charge on any atom is 0.352 e. The largest absolute Gasteiger partial charge is 0.477 e. The molecule has 3 aromatic heterocycles. The van der Waals surface area contributed by atoms with Gasteiger partial charge in [-0.1, -0.05) is 6.92 Å². The van der Waals surface area contributed by atoms with Gasteiger partial charge in [-0.25, -0.2) is 14.6 Å². The number of aromatic carboxylic acids is 2. The van der Waals surface area contributed by atoms with Gasteiger partial charge in [0, 0.05) is 5.39 Å². The standard InChI is InChI=1S/C17H15N3O5/c1-3-8-4-10(16(22)23)15(21)20-14(8)11-5-9-6-12(17(24)25)19-13(9)7(2)18-11/h4-6,19H,3H2,1-2H3,(H,20,21)(H,22,23)(H,24,25). The third-order valence-corrected chi connectivity index (χ3v) is 4.01. The van der Waals surface area contributed by atoms with Crippen LogP contribution in [-0.4, -0.2) is 37.1 Å². The van der Waals surface area contributed by atoms with Crippen molar-refractivity contribution in [3.8, 4) is 11.4 Å². The van der Waals surface area contributed by atoms with Gasteiger partial charge in [0.1, 0.15) is 11.3 Å². The molecule has 0 atom stereocenters. The van der Waals surface area contributed by atoms with Gasteiger partial charge in [-0.2, -0.15) is 0 Å². The van der Waals surface area contributed by atoms with E-state index in [4.69, 9.17) is 10.2 Å². The minimum Gasteiger partial charge on any atom is -0.477 e. The fourth-order valence-corrected chi connectivity index (χ4v) is 2.78. The van der Waals surface area contributed by atoms with E-state index in [1.54, 1.807) is 13.0 Å². The average molecular weight is 341 g/mol. The molecule has 0 aliphatic carbocycles. The number of pyridine rings is 2. The molecule has 8 heteroatoms. The van der Waals surface area contributed by atoms with Crippen LogP contribution in [0.1, 0.15) is 39.0 Å². The van der Waals surface area contributed by atoms with E-state index in [1.165, 1.54) is 12.1 Å². The third kappa shape index (κ3) is 2.78. The molecule has 0 aromatic carbocycles. The molecule has 0 unspecified atom stereocenters. The van der Waals surface area contributed by atoms with E-state index < -0.39 is 17.5 Å². The van der Waals surface area contributed by atoms with E-state index in [0.29, 0.717) is 40.0 Å². The summed E-state index contributed by atoms with van der Waals surface area (Å²) in [7, 11) is 0. The topological polar surface area (TPSA) is 136 Å². The first-order valence-electron chi connectivity index (χ1n) is 7.55. The van der Waals surface area contributed by atoms with Gasteiger partial charge in [-0.3, -0.25) is 4.79 Å². The lowest BCUT2D eigenvalue weighted by Gasteiger charge is -2.09. The Hall–Kier alpha value is -3.42. The first-order valence-corrected chi connectivity index (χ1v) is 7.55. The van der Waals surface area contributed by atoms with Gasteiger partial charge < -0.3 is 20.2 Å². The van der Waals surface area contributed by atoms with Gasteiger partial charge in [-0.05, 0) is 37.1 Å². The second-order valence-corrected chi connectivity index (χ2v) is 5.62. The van der Waals surface area contributed by atoms with Gasteiger partial charge in [0.15, 0.2) is 0 Å². The molecular weight excluding hydrogens is 326 g/mol. The first-order chi connectivity index (χ1) is 11.8. The normalized spacial score (nSPS) is 11.0. The predicted octanol–water partition coefficient (Wildman–Crippen LogP) is 2.19. The summed E-state index contributed by atoms with van der Waals surface area (Å²) in [6.07, 6.45) is 0.499. The van der Waals surface area contributed by atoms with Crippen LogP contribution in [0.2, 0.25) is 0 Å². The van der Waals surface area contributed by atoms with Crippen LogP contribution < -0.4 is 5.56 Å². The van der Waals surface area contributed by atoms with Crippen LogP contribution >= 0.6 is 0 Å². The smallest absolute Gasteiger partial charge is 0.352 e. The third-order valence-electron chi connectivity index (χ3n) is 4.01. The molecule has 0 radical (unpaired) electrons. The number of aromatic amines is 2. The molecule has 0 aliphatic rings. The number of carbonyl (C=O) groups is 2. The number of nitrogens with zero attached hydrogens (tertiary/aromatic N) is 1. The highest BCUT2D eigenvalue weighted by atomic mass is 16.4. The number of hydrogen-bond acceptors (Lipinski definition) is 4. The number of hydrogen-bond donors (Lipinski definition) is 4. The Morgan fingerprint density at radius 3 is 2.44 bits per heavy atom. The van der Waals surface area contributed by atoms with E-state index >= 15 is 0 Å². The van der Waals surface area contributed by atoms with Crippen molar-refractivity contribution in [3.63, 3.8) is 0 Å². The number of carboxylic acids is 2. The maximum absolute atomic E-state index is 12.0. The van der Waals surface area contributed by atoms with Crippen LogP contribution in [0, 0.1) is 6.92 Å². The molecule has 0 amide bonds. The molecule has 0 fully saturated rings. The summed E-state index contributed by atoms with van der Waals surface area (Å²) in [6.45, 7) is 3.57. The zero-order valence-corrected chi connectivity index (χ0v) is 13.5. The van der Waals surface area contributed by atoms with E-state index in [0.717, 1.165) is 0 Å². The lowest BCUT2D eigenvalue weighted by atomic mass is 10.0. The van der Waals surface area contributed by atoms with Gasteiger partial charge in [0.2, 0.25) is 0 Å². The first kappa shape index (κ1) is 16.4. The monoisotopic (exact) mass is 341 g/mol. The van der Waals surface area contributed by atoms with Crippen LogP contribution in [0.15, 0.2) is 23.0 Å². The minimum atomic E-state index is -1.29. The molecule has 25 heavy (non-hydrogen) atoms. The van der Waals surface area contributed by atoms with Crippen LogP contribution in [0.5, 0.6) is 0 Å². The second kappa shape index (κ2) is 5.90. The molecule has 0 spiro atoms. The molecule has 0 aliphatic heterocycles. The predicted molar refractivity (Wildman–Crippen MR) is 90.2 cm³/mol. The Morgan fingerprint density at radius 2 is 1.84 bits per heavy atom. The number of aromatic nitrogens is 3. The van der Waals surface area contributed by atoms with Crippen molar-refractivity contribution >= 4 is 22.8 Å². The number of aryl methyl sites for hydroxylation is 2. The number of H-pyrrole nitrogens is 2. The van der Waals surface area contributed by atoms with Gasteiger partial charge >= 0.3 is 11.9 Å². The minimum absolute atomic E-state index is 0.0440. The van der Waals surface area contributed by atoms with Crippen LogP contribution in [0.4, 0.5) is 0 Å². The maximum atomic E-state index is 12.0. The SMILES string of the molecule is CCc1cc(C(=O)O)c(=O)[nH]c1-c1cc2cc(C(=O)O)[nH]c2c(C)n1. The molecule has 3 rings (SSSR count). The van der Waals surface area contributed by atoms with E-state index in [-0.39, 0.29) is 11.3 Å². The van der Waals surface area contributed by atoms with E-state index in [2.05, 4.69) is 15.0 Å². The highest BCUT2D eigenvalue weighted by molar-refractivity contribution is 5.95. The summed E-state index contributed by atoms with van der Waals surface area (Å²) in [6, 6.07) is 4.50. The Balaban J connectivity index is 2.25. The summed E-state index contributed by atoms with van der Waals surface area (Å²) in [5, 5.41) is 18.8. The van der Waals surface area contributed by atoms with E-state index in [9.17, 15) is 14.4 Å². The van der Waals surface area contributed by atoms with Crippen molar-refractivity contribution in [1.29, 1.82) is 0 Å².